The first-order valence-corrected chi connectivity index (χ1v) is 16.4. The summed E-state index contributed by atoms with van der Waals surface area (Å²) in [6.45, 7) is 2.43. The smallest absolute Gasteiger partial charge is 0.382 e. The first-order chi connectivity index (χ1) is 22.3. The van der Waals surface area contributed by atoms with E-state index in [1.54, 1.807) is 59.2 Å². The highest BCUT2D eigenvalue weighted by Crippen LogP contribution is 2.48. The number of benzene rings is 3. The summed E-state index contributed by atoms with van der Waals surface area (Å²) in [4.78, 5) is 28.1. The maximum atomic E-state index is 14.7. The summed E-state index contributed by atoms with van der Waals surface area (Å²) in [7, 11) is -1.30. The lowest BCUT2D eigenvalue weighted by Gasteiger charge is -2.29. The minimum absolute atomic E-state index is 0.171. The molecule has 2 unspecified atom stereocenters. The molecule has 248 valence electrons. The molecular weight excluding hydrogens is 634 g/mol. The van der Waals surface area contributed by atoms with Gasteiger partial charge in [0, 0.05) is 31.5 Å². The third-order valence-corrected chi connectivity index (χ3v) is 10.1. The largest absolute Gasteiger partial charge is 0.416 e. The molecule has 2 aromatic heterocycles. The monoisotopic (exact) mass is 669 g/mol. The molecule has 9 nitrogen and oxygen atoms in total. The number of para-hydroxylation sites is 1. The molecule has 0 saturated heterocycles. The maximum absolute atomic E-state index is 14.7. The van der Waals surface area contributed by atoms with Gasteiger partial charge in [0.1, 0.15) is 12.1 Å². The van der Waals surface area contributed by atoms with E-state index in [0.29, 0.717) is 27.5 Å². The Morgan fingerprint density at radius 2 is 1.51 bits per heavy atom. The molecule has 5 rings (SSSR count). The van der Waals surface area contributed by atoms with Crippen molar-refractivity contribution in [3.63, 3.8) is 0 Å². The zero-order valence-corrected chi connectivity index (χ0v) is 27.1. The van der Waals surface area contributed by atoms with Crippen molar-refractivity contribution in [2.24, 2.45) is 5.92 Å². The zero-order chi connectivity index (χ0) is 34.1. The number of aliphatic hydroxyl groups is 1. The molecular formula is C34H35F3N3O6P. The zero-order valence-electron chi connectivity index (χ0n) is 26.2. The molecule has 0 fully saturated rings. The third kappa shape index (κ3) is 6.64. The number of pyridine rings is 1. The van der Waals surface area contributed by atoms with Crippen LogP contribution >= 0.6 is 7.60 Å². The Bertz CT molecular complexity index is 2000. The number of carbonyl (C=O) groups is 1. The van der Waals surface area contributed by atoms with E-state index >= 15 is 0 Å². The van der Waals surface area contributed by atoms with E-state index in [9.17, 15) is 32.4 Å². The summed E-state index contributed by atoms with van der Waals surface area (Å²) in [6.07, 6.45) is -7.77. The minimum atomic E-state index is -4.97. The van der Waals surface area contributed by atoms with E-state index in [0.717, 1.165) is 5.56 Å². The molecule has 3 aromatic carbocycles. The molecule has 0 aliphatic rings. The number of hydrogen-bond donors (Lipinski definition) is 2. The van der Waals surface area contributed by atoms with Crippen molar-refractivity contribution >= 4 is 40.6 Å². The number of fused-ring (bicyclic) bond motifs is 3. The van der Waals surface area contributed by atoms with Crippen molar-refractivity contribution in [2.75, 3.05) is 14.2 Å². The lowest BCUT2D eigenvalue weighted by molar-refractivity contribution is -0.215. The van der Waals surface area contributed by atoms with Gasteiger partial charge in [-0.15, -0.1) is 0 Å². The van der Waals surface area contributed by atoms with Crippen LogP contribution in [0.4, 0.5) is 13.2 Å². The standard InChI is InChI=1S/C34H35F3N3O6P/c1-21(2)29(32(42)34(35,36)37)38-28(41)20-39-26(23-14-9-6-10-15-23)18-25-24-16-11-17-27(47(44,45-3)46-4)30(24)40(31(25)33(39)43)19-22-12-7-5-8-13-22/h5-18,21,29,32,42H,19-20H2,1-4H3,(H,38,41). The van der Waals surface area contributed by atoms with Crippen molar-refractivity contribution in [1.29, 1.82) is 0 Å². The lowest BCUT2D eigenvalue weighted by atomic mass is 9.98. The molecule has 0 bridgehead atoms. The van der Waals surface area contributed by atoms with Gasteiger partial charge >= 0.3 is 13.8 Å². The maximum Gasteiger partial charge on any atom is 0.416 e. The fourth-order valence-corrected chi connectivity index (χ4v) is 7.17. The Morgan fingerprint density at radius 1 is 0.894 bits per heavy atom. The van der Waals surface area contributed by atoms with Crippen LogP contribution in [0.25, 0.3) is 33.1 Å². The van der Waals surface area contributed by atoms with Crippen LogP contribution in [0.5, 0.6) is 0 Å². The van der Waals surface area contributed by atoms with Crippen molar-refractivity contribution in [1.82, 2.24) is 14.5 Å². The number of nitrogens with one attached hydrogen (secondary N) is 1. The number of aromatic nitrogens is 2. The molecule has 0 radical (unpaired) electrons. The highest BCUT2D eigenvalue weighted by Gasteiger charge is 2.45. The molecule has 2 N–H and O–H groups in total. The van der Waals surface area contributed by atoms with Crippen LogP contribution in [-0.4, -0.2) is 52.7 Å². The second kappa shape index (κ2) is 13.5. The number of hydrogen-bond acceptors (Lipinski definition) is 6. The van der Waals surface area contributed by atoms with Crippen molar-refractivity contribution < 1.29 is 36.7 Å². The lowest BCUT2D eigenvalue weighted by Crippen LogP contribution is -2.53. The Balaban J connectivity index is 1.80. The quantitative estimate of drug-likeness (QED) is 0.171. The van der Waals surface area contributed by atoms with Crippen molar-refractivity contribution in [3.8, 4) is 11.3 Å². The van der Waals surface area contributed by atoms with Crippen LogP contribution in [0.1, 0.15) is 19.4 Å². The normalized spacial score (nSPS) is 13.7. The molecule has 0 aliphatic heterocycles. The summed E-state index contributed by atoms with van der Waals surface area (Å²) in [5.74, 6) is -1.66. The topological polar surface area (TPSA) is 112 Å². The minimum Gasteiger partial charge on any atom is -0.382 e. The van der Waals surface area contributed by atoms with Crippen molar-refractivity contribution in [2.45, 2.75) is 45.3 Å². The molecule has 13 heteroatoms. The van der Waals surface area contributed by atoms with Gasteiger partial charge in [-0.3, -0.25) is 18.7 Å². The molecule has 0 saturated carbocycles. The predicted molar refractivity (Wildman–Crippen MR) is 175 cm³/mol. The first kappa shape index (κ1) is 34.1. The van der Waals surface area contributed by atoms with Crippen LogP contribution in [0.2, 0.25) is 0 Å². The number of rotatable bonds is 11. The SMILES string of the molecule is COP(=O)(OC)c1cccc2c3cc(-c4ccccc4)n(CC(=O)NC(C(C)C)C(O)C(F)(F)F)c(=O)c3n(Cc3ccccc3)c12. The number of aliphatic hydroxyl groups excluding tert-OH is 1. The molecule has 0 aliphatic carbocycles. The number of amides is 1. The summed E-state index contributed by atoms with van der Waals surface area (Å²) >= 11 is 0. The average molecular weight is 670 g/mol. The predicted octanol–water partition coefficient (Wildman–Crippen LogP) is 5.85. The fraction of sp³-hybridized carbons (Fsp3) is 0.294. The molecule has 1 amide bonds. The molecule has 0 spiro atoms. The van der Waals surface area contributed by atoms with Gasteiger partial charge in [0.2, 0.25) is 5.91 Å². The number of alkyl halides is 3. The highest BCUT2D eigenvalue weighted by atomic mass is 31.2. The number of halogens is 3. The van der Waals surface area contributed by atoms with Gasteiger partial charge < -0.3 is 24.0 Å². The molecule has 2 atom stereocenters. The van der Waals surface area contributed by atoms with Crippen LogP contribution in [0, 0.1) is 5.92 Å². The van der Waals surface area contributed by atoms with Crippen LogP contribution in [0.3, 0.4) is 0 Å². The second-order valence-corrected chi connectivity index (χ2v) is 13.7. The molecule has 47 heavy (non-hydrogen) atoms. The number of carbonyl (C=O) groups excluding carboxylic acids is 1. The first-order valence-electron chi connectivity index (χ1n) is 14.8. The Morgan fingerprint density at radius 3 is 2.09 bits per heavy atom. The van der Waals surface area contributed by atoms with Gasteiger partial charge in [-0.05, 0) is 29.2 Å². The van der Waals surface area contributed by atoms with E-state index in [1.165, 1.54) is 32.6 Å². The van der Waals surface area contributed by atoms with Crippen molar-refractivity contribution in [3.05, 3.63) is 101 Å². The Kier molecular flexibility index (Phi) is 9.79. The van der Waals surface area contributed by atoms with Gasteiger partial charge in [-0.1, -0.05) is 86.6 Å². The van der Waals surface area contributed by atoms with Gasteiger partial charge in [-0.2, -0.15) is 13.2 Å². The van der Waals surface area contributed by atoms with Gasteiger partial charge in [-0.25, -0.2) is 0 Å². The fourth-order valence-electron chi connectivity index (χ4n) is 5.86. The van der Waals surface area contributed by atoms with Crippen LogP contribution in [-0.2, 0) is 31.5 Å². The second-order valence-electron chi connectivity index (χ2n) is 11.5. The summed E-state index contributed by atoms with van der Waals surface area (Å²) in [5, 5.41) is 13.6. The summed E-state index contributed by atoms with van der Waals surface area (Å²) in [5.41, 5.74) is 1.75. The van der Waals surface area contributed by atoms with Gasteiger partial charge in [0.25, 0.3) is 5.56 Å². The van der Waals surface area contributed by atoms with Gasteiger partial charge in [0.15, 0.2) is 6.10 Å². The van der Waals surface area contributed by atoms with Crippen LogP contribution < -0.4 is 16.2 Å². The molecule has 2 heterocycles. The van der Waals surface area contributed by atoms with E-state index in [4.69, 9.17) is 9.05 Å². The number of nitrogens with zero attached hydrogens (tertiary/aromatic N) is 2. The third-order valence-electron chi connectivity index (χ3n) is 8.17. The van der Waals surface area contributed by atoms with E-state index in [-0.39, 0.29) is 17.4 Å². The van der Waals surface area contributed by atoms with E-state index in [1.807, 2.05) is 30.3 Å². The molecule has 5 aromatic rings. The Hall–Kier alpha value is -4.22. The summed E-state index contributed by atoms with van der Waals surface area (Å²) < 4.78 is 67.8. The van der Waals surface area contributed by atoms with Crippen LogP contribution in [0.15, 0.2) is 89.7 Å². The highest BCUT2D eigenvalue weighted by molar-refractivity contribution is 7.62. The van der Waals surface area contributed by atoms with E-state index in [2.05, 4.69) is 5.32 Å². The summed E-state index contributed by atoms with van der Waals surface area (Å²) in [6, 6.07) is 23.2. The van der Waals surface area contributed by atoms with E-state index < -0.39 is 49.8 Å². The Labute approximate surface area is 269 Å². The van der Waals surface area contributed by atoms with Gasteiger partial charge in [0.05, 0.1) is 22.6 Å². The average Bonchev–Trinajstić information content (AvgIpc) is 3.37.